The molecule has 12 heavy (non-hydrogen) atoms. The average molecular weight is 165 g/mol. The Morgan fingerprint density at radius 1 is 1.58 bits per heavy atom. The van der Waals surface area contributed by atoms with Gasteiger partial charge in [0.05, 0.1) is 0 Å². The van der Waals surface area contributed by atoms with Crippen LogP contribution in [-0.2, 0) is 0 Å². The van der Waals surface area contributed by atoms with Crippen molar-refractivity contribution in [1.82, 2.24) is 5.32 Å². The van der Waals surface area contributed by atoms with E-state index < -0.39 is 0 Å². The number of nitrogens with one attached hydrogen (secondary N) is 1. The van der Waals surface area contributed by atoms with E-state index in [2.05, 4.69) is 18.3 Å². The molecule has 1 nitrogen and oxygen atoms in total. The third-order valence-corrected chi connectivity index (χ3v) is 2.93. The molecule has 0 aromatic heterocycles. The summed E-state index contributed by atoms with van der Waals surface area (Å²) in [5.74, 6) is 3.63. The first-order valence-corrected chi connectivity index (χ1v) is 4.99. The molecule has 68 valence electrons. The smallest absolute Gasteiger partial charge is 0.00926 e. The Kier molecular flexibility index (Phi) is 4.18. The second-order valence-electron chi connectivity index (χ2n) is 3.68. The molecule has 0 heterocycles. The van der Waals surface area contributed by atoms with Crippen LogP contribution in [0.2, 0.25) is 0 Å². The van der Waals surface area contributed by atoms with Crippen LogP contribution in [-0.4, -0.2) is 13.1 Å². The minimum Gasteiger partial charge on any atom is -0.317 e. The lowest BCUT2D eigenvalue weighted by Gasteiger charge is -2.33. The lowest BCUT2D eigenvalue weighted by atomic mass is 9.78. The molecule has 1 saturated carbocycles. The minimum atomic E-state index is 0.729. The second-order valence-corrected chi connectivity index (χ2v) is 3.68. The molecule has 1 fully saturated rings. The topological polar surface area (TPSA) is 12.0 Å². The van der Waals surface area contributed by atoms with Crippen molar-refractivity contribution < 1.29 is 0 Å². The average Bonchev–Trinajstić information content (AvgIpc) is 1.99. The van der Waals surface area contributed by atoms with Gasteiger partial charge in [-0.25, -0.2) is 0 Å². The maximum atomic E-state index is 5.21. The molecule has 0 aromatic rings. The highest BCUT2D eigenvalue weighted by Crippen LogP contribution is 2.31. The van der Waals surface area contributed by atoms with Crippen LogP contribution in [0.5, 0.6) is 0 Å². The van der Waals surface area contributed by atoms with Crippen LogP contribution in [0, 0.1) is 18.3 Å². The van der Waals surface area contributed by atoms with Gasteiger partial charge in [0.25, 0.3) is 0 Å². The maximum Gasteiger partial charge on any atom is 0.00926 e. The van der Waals surface area contributed by atoms with Gasteiger partial charge in [0, 0.05) is 12.5 Å². The first-order valence-electron chi connectivity index (χ1n) is 4.99. The second kappa shape index (κ2) is 5.22. The standard InChI is InChI=1S/C11H19N/c1-3-4-5-9-11(12-2)10-7-6-8-10/h1,10-12H,4-9H2,2H3. The Labute approximate surface area is 75.9 Å². The molecule has 1 N–H and O–H groups in total. The zero-order valence-electron chi connectivity index (χ0n) is 7.97. The zero-order valence-corrected chi connectivity index (χ0v) is 7.97. The third kappa shape index (κ3) is 2.53. The van der Waals surface area contributed by atoms with E-state index >= 15 is 0 Å². The Hall–Kier alpha value is -0.480. The predicted octanol–water partition coefficient (Wildman–Crippen LogP) is 2.18. The van der Waals surface area contributed by atoms with E-state index in [1.54, 1.807) is 0 Å². The van der Waals surface area contributed by atoms with Gasteiger partial charge < -0.3 is 5.32 Å². The fourth-order valence-electron chi connectivity index (χ4n) is 1.88. The van der Waals surface area contributed by atoms with Crippen LogP contribution in [0.3, 0.4) is 0 Å². The fourth-order valence-corrected chi connectivity index (χ4v) is 1.88. The molecule has 1 rings (SSSR count). The van der Waals surface area contributed by atoms with E-state index in [1.165, 1.54) is 32.1 Å². The molecular formula is C11H19N. The Morgan fingerprint density at radius 3 is 2.75 bits per heavy atom. The lowest BCUT2D eigenvalue weighted by Crippen LogP contribution is -2.37. The van der Waals surface area contributed by atoms with Crippen molar-refractivity contribution in [3.8, 4) is 12.3 Å². The fraction of sp³-hybridized carbons (Fsp3) is 0.818. The summed E-state index contributed by atoms with van der Waals surface area (Å²) in [6.45, 7) is 0. The van der Waals surface area contributed by atoms with Crippen molar-refractivity contribution in [3.05, 3.63) is 0 Å². The Balaban J connectivity index is 2.12. The highest BCUT2D eigenvalue weighted by atomic mass is 14.9. The number of rotatable bonds is 5. The van der Waals surface area contributed by atoms with Crippen molar-refractivity contribution in [3.63, 3.8) is 0 Å². The van der Waals surface area contributed by atoms with Gasteiger partial charge in [-0.3, -0.25) is 0 Å². The van der Waals surface area contributed by atoms with Gasteiger partial charge in [0.15, 0.2) is 0 Å². The van der Waals surface area contributed by atoms with Crippen molar-refractivity contribution in [2.75, 3.05) is 7.05 Å². The summed E-state index contributed by atoms with van der Waals surface area (Å²) >= 11 is 0. The molecule has 1 heteroatoms. The summed E-state index contributed by atoms with van der Waals surface area (Å²) in [5.41, 5.74) is 0. The maximum absolute atomic E-state index is 5.21. The minimum absolute atomic E-state index is 0.729. The van der Waals surface area contributed by atoms with Gasteiger partial charge in [0.1, 0.15) is 0 Å². The SMILES string of the molecule is C#CCCCC(NC)C1CCC1. The van der Waals surface area contributed by atoms with E-state index in [0.29, 0.717) is 0 Å². The van der Waals surface area contributed by atoms with Crippen LogP contribution in [0.15, 0.2) is 0 Å². The lowest BCUT2D eigenvalue weighted by molar-refractivity contribution is 0.226. The first-order chi connectivity index (χ1) is 5.88. The normalized spacial score (nSPS) is 19.7. The summed E-state index contributed by atoms with van der Waals surface area (Å²) in [6, 6.07) is 0.729. The highest BCUT2D eigenvalue weighted by molar-refractivity contribution is 4.86. The molecule has 1 aliphatic rings. The van der Waals surface area contributed by atoms with Gasteiger partial charge in [0.2, 0.25) is 0 Å². The summed E-state index contributed by atoms with van der Waals surface area (Å²) in [5, 5.41) is 3.39. The summed E-state index contributed by atoms with van der Waals surface area (Å²) in [7, 11) is 2.07. The molecule has 0 spiro atoms. The highest BCUT2D eigenvalue weighted by Gasteiger charge is 2.25. The molecule has 1 aliphatic carbocycles. The third-order valence-electron chi connectivity index (χ3n) is 2.93. The number of terminal acetylenes is 1. The quantitative estimate of drug-likeness (QED) is 0.486. The van der Waals surface area contributed by atoms with Gasteiger partial charge in [-0.1, -0.05) is 6.42 Å². The van der Waals surface area contributed by atoms with E-state index in [0.717, 1.165) is 18.4 Å². The molecule has 0 bridgehead atoms. The molecule has 0 radical (unpaired) electrons. The molecule has 1 unspecified atom stereocenters. The van der Waals surface area contributed by atoms with Crippen LogP contribution in [0.4, 0.5) is 0 Å². The molecule has 1 atom stereocenters. The van der Waals surface area contributed by atoms with E-state index in [9.17, 15) is 0 Å². The van der Waals surface area contributed by atoms with Crippen LogP contribution in [0.1, 0.15) is 38.5 Å². The van der Waals surface area contributed by atoms with Crippen molar-refractivity contribution in [2.24, 2.45) is 5.92 Å². The zero-order chi connectivity index (χ0) is 8.81. The Bertz CT molecular complexity index is 153. The molecule has 0 aromatic carbocycles. The van der Waals surface area contributed by atoms with Gasteiger partial charge >= 0.3 is 0 Å². The van der Waals surface area contributed by atoms with Gasteiger partial charge in [-0.05, 0) is 38.6 Å². The largest absolute Gasteiger partial charge is 0.317 e. The Morgan fingerprint density at radius 2 is 2.33 bits per heavy atom. The van der Waals surface area contributed by atoms with E-state index in [1.807, 2.05) is 0 Å². The van der Waals surface area contributed by atoms with Crippen molar-refractivity contribution >= 4 is 0 Å². The summed E-state index contributed by atoms with van der Waals surface area (Å²) in [4.78, 5) is 0. The van der Waals surface area contributed by atoms with Crippen molar-refractivity contribution in [1.29, 1.82) is 0 Å². The summed E-state index contributed by atoms with van der Waals surface area (Å²) in [6.07, 6.45) is 12.8. The van der Waals surface area contributed by atoms with Gasteiger partial charge in [-0.15, -0.1) is 12.3 Å². The monoisotopic (exact) mass is 165 g/mol. The van der Waals surface area contributed by atoms with E-state index in [4.69, 9.17) is 6.42 Å². The van der Waals surface area contributed by atoms with Crippen molar-refractivity contribution in [2.45, 2.75) is 44.6 Å². The van der Waals surface area contributed by atoms with Crippen LogP contribution < -0.4 is 5.32 Å². The number of hydrogen-bond donors (Lipinski definition) is 1. The molecular weight excluding hydrogens is 146 g/mol. The van der Waals surface area contributed by atoms with Crippen LogP contribution in [0.25, 0.3) is 0 Å². The first kappa shape index (κ1) is 9.61. The molecule has 0 amide bonds. The van der Waals surface area contributed by atoms with Gasteiger partial charge in [-0.2, -0.15) is 0 Å². The molecule has 0 saturated heterocycles. The van der Waals surface area contributed by atoms with E-state index in [-0.39, 0.29) is 0 Å². The molecule has 0 aliphatic heterocycles. The number of hydrogen-bond acceptors (Lipinski definition) is 1. The summed E-state index contributed by atoms with van der Waals surface area (Å²) < 4.78 is 0. The number of unbranched alkanes of at least 4 members (excludes halogenated alkanes) is 1. The predicted molar refractivity (Wildman–Crippen MR) is 52.9 cm³/mol. The van der Waals surface area contributed by atoms with Crippen LogP contribution >= 0.6 is 0 Å².